The molecule has 1 amide bonds. The van der Waals surface area contributed by atoms with Crippen molar-refractivity contribution in [1.82, 2.24) is 15.3 Å². The highest BCUT2D eigenvalue weighted by Crippen LogP contribution is 2.30. The predicted octanol–water partition coefficient (Wildman–Crippen LogP) is 4.43. The van der Waals surface area contributed by atoms with Crippen molar-refractivity contribution in [3.63, 3.8) is 0 Å². The summed E-state index contributed by atoms with van der Waals surface area (Å²) in [5.74, 6) is 1.96. The smallest absolute Gasteiger partial charge is 0.251 e. The van der Waals surface area contributed by atoms with Crippen LogP contribution in [0.15, 0.2) is 78.0 Å². The molecule has 6 nitrogen and oxygen atoms in total. The van der Waals surface area contributed by atoms with E-state index in [1.165, 1.54) is 0 Å². The average Bonchev–Trinajstić information content (AvgIpc) is 3.24. The standard InChI is InChI=1S/C24H21N3O3S/c28-23(25-13-17-14-29-21-11-5-6-12-22(21)30-17)18-8-2-1-7-16(18)15-31-24-26-19-9-3-4-10-20(19)27-24/h1-12,17H,13-15H2,(H,25,28)(H,26,27)/t17-/m1/s1. The molecule has 2 N–H and O–H groups in total. The minimum atomic E-state index is -0.226. The number of amides is 1. The summed E-state index contributed by atoms with van der Waals surface area (Å²) in [4.78, 5) is 20.8. The third kappa shape index (κ3) is 4.36. The zero-order valence-corrected chi connectivity index (χ0v) is 17.5. The van der Waals surface area contributed by atoms with Crippen molar-refractivity contribution < 1.29 is 14.3 Å². The average molecular weight is 432 g/mol. The summed E-state index contributed by atoms with van der Waals surface area (Å²) in [6.07, 6.45) is -0.226. The van der Waals surface area contributed by atoms with Crippen molar-refractivity contribution in [2.45, 2.75) is 17.0 Å². The summed E-state index contributed by atoms with van der Waals surface area (Å²) in [6.45, 7) is 0.777. The third-order valence-corrected chi connectivity index (χ3v) is 5.97. The van der Waals surface area contributed by atoms with Gasteiger partial charge in [0, 0.05) is 11.3 Å². The van der Waals surface area contributed by atoms with Gasteiger partial charge in [-0.05, 0) is 35.9 Å². The molecule has 0 fully saturated rings. The van der Waals surface area contributed by atoms with E-state index in [-0.39, 0.29) is 12.0 Å². The monoisotopic (exact) mass is 431 g/mol. The Morgan fingerprint density at radius 3 is 2.71 bits per heavy atom. The number of fused-ring (bicyclic) bond motifs is 2. The van der Waals surface area contributed by atoms with Gasteiger partial charge in [0.2, 0.25) is 0 Å². The first kappa shape index (κ1) is 19.5. The predicted molar refractivity (Wildman–Crippen MR) is 121 cm³/mol. The molecule has 1 aliphatic rings. The maximum atomic E-state index is 12.9. The molecular weight excluding hydrogens is 410 g/mol. The number of ether oxygens (including phenoxy) is 2. The molecular formula is C24H21N3O3S. The fourth-order valence-electron chi connectivity index (χ4n) is 3.48. The zero-order valence-electron chi connectivity index (χ0n) is 16.7. The van der Waals surface area contributed by atoms with Crippen molar-refractivity contribution >= 4 is 28.7 Å². The lowest BCUT2D eigenvalue weighted by molar-refractivity contribution is 0.0789. The second-order valence-corrected chi connectivity index (χ2v) is 8.18. The molecule has 0 saturated carbocycles. The molecule has 1 atom stereocenters. The van der Waals surface area contributed by atoms with Crippen LogP contribution in [-0.2, 0) is 5.75 Å². The van der Waals surface area contributed by atoms with Crippen molar-refractivity contribution in [1.29, 1.82) is 0 Å². The lowest BCUT2D eigenvalue weighted by Gasteiger charge is -2.26. The quantitative estimate of drug-likeness (QED) is 0.442. The number of para-hydroxylation sites is 4. The molecule has 0 spiro atoms. The van der Waals surface area contributed by atoms with E-state index in [1.54, 1.807) is 11.8 Å². The van der Waals surface area contributed by atoms with Crippen LogP contribution in [0.4, 0.5) is 0 Å². The maximum absolute atomic E-state index is 12.9. The van der Waals surface area contributed by atoms with E-state index >= 15 is 0 Å². The third-order valence-electron chi connectivity index (χ3n) is 5.05. The van der Waals surface area contributed by atoms with Crippen LogP contribution < -0.4 is 14.8 Å². The number of aromatic amines is 1. The molecule has 5 rings (SSSR count). The fraction of sp³-hybridized carbons (Fsp3) is 0.167. The van der Waals surface area contributed by atoms with Crippen LogP contribution in [0.2, 0.25) is 0 Å². The number of aromatic nitrogens is 2. The Kier molecular flexibility index (Phi) is 5.50. The molecule has 0 unspecified atom stereocenters. The maximum Gasteiger partial charge on any atom is 0.251 e. The molecule has 0 aliphatic carbocycles. The van der Waals surface area contributed by atoms with Crippen molar-refractivity contribution in [2.24, 2.45) is 0 Å². The van der Waals surface area contributed by atoms with Gasteiger partial charge in [0.15, 0.2) is 16.7 Å². The van der Waals surface area contributed by atoms with Crippen LogP contribution in [0.5, 0.6) is 11.5 Å². The SMILES string of the molecule is O=C(NC[C@@H]1COc2ccccc2O1)c1ccccc1CSc1nc2ccccc2[nH]1. The Morgan fingerprint density at radius 1 is 1.03 bits per heavy atom. The fourth-order valence-corrected chi connectivity index (χ4v) is 4.37. The van der Waals surface area contributed by atoms with Crippen LogP contribution in [0.25, 0.3) is 11.0 Å². The van der Waals surface area contributed by atoms with E-state index in [2.05, 4.69) is 15.3 Å². The number of benzene rings is 3. The number of H-pyrrole nitrogens is 1. The molecule has 156 valence electrons. The molecule has 0 bridgehead atoms. The van der Waals surface area contributed by atoms with Gasteiger partial charge >= 0.3 is 0 Å². The summed E-state index contributed by atoms with van der Waals surface area (Å²) in [7, 11) is 0. The Labute approximate surface area is 184 Å². The van der Waals surface area contributed by atoms with Crippen LogP contribution in [0.3, 0.4) is 0 Å². The van der Waals surface area contributed by atoms with E-state index in [0.29, 0.717) is 30.2 Å². The van der Waals surface area contributed by atoms with Crippen LogP contribution in [0, 0.1) is 0 Å². The number of imidazole rings is 1. The number of hydrogen-bond acceptors (Lipinski definition) is 5. The second kappa shape index (κ2) is 8.73. The number of nitrogens with zero attached hydrogens (tertiary/aromatic N) is 1. The van der Waals surface area contributed by atoms with Crippen molar-refractivity contribution in [3.8, 4) is 11.5 Å². The normalized spacial score (nSPS) is 15.0. The summed E-state index contributed by atoms with van der Waals surface area (Å²) < 4.78 is 11.6. The molecule has 2 heterocycles. The first-order valence-electron chi connectivity index (χ1n) is 10.1. The number of rotatable bonds is 6. The summed E-state index contributed by atoms with van der Waals surface area (Å²) in [5, 5.41) is 3.82. The number of nitrogens with one attached hydrogen (secondary N) is 2. The minimum Gasteiger partial charge on any atom is -0.486 e. The lowest BCUT2D eigenvalue weighted by atomic mass is 10.1. The van der Waals surface area contributed by atoms with E-state index in [0.717, 1.165) is 27.5 Å². The van der Waals surface area contributed by atoms with Gasteiger partial charge in [0.25, 0.3) is 5.91 Å². The van der Waals surface area contributed by atoms with Crippen LogP contribution in [-0.4, -0.2) is 35.1 Å². The van der Waals surface area contributed by atoms with Gasteiger partial charge in [-0.15, -0.1) is 0 Å². The van der Waals surface area contributed by atoms with Crippen molar-refractivity contribution in [3.05, 3.63) is 83.9 Å². The van der Waals surface area contributed by atoms with Gasteiger partial charge < -0.3 is 19.8 Å². The molecule has 0 saturated heterocycles. The number of carbonyl (C=O) groups excluding carboxylic acids is 1. The lowest BCUT2D eigenvalue weighted by Crippen LogP contribution is -2.40. The van der Waals surface area contributed by atoms with Gasteiger partial charge in [-0.25, -0.2) is 4.98 Å². The Balaban J connectivity index is 1.22. The molecule has 1 aliphatic heterocycles. The summed E-state index contributed by atoms with van der Waals surface area (Å²) >= 11 is 1.58. The van der Waals surface area contributed by atoms with Gasteiger partial charge in [-0.1, -0.05) is 54.2 Å². The highest BCUT2D eigenvalue weighted by molar-refractivity contribution is 7.98. The molecule has 3 aromatic carbocycles. The molecule has 1 aromatic heterocycles. The van der Waals surface area contributed by atoms with Gasteiger partial charge in [0.1, 0.15) is 12.7 Å². The van der Waals surface area contributed by atoms with E-state index in [4.69, 9.17) is 9.47 Å². The topological polar surface area (TPSA) is 76.2 Å². The summed E-state index contributed by atoms with van der Waals surface area (Å²) in [6, 6.07) is 23.1. The van der Waals surface area contributed by atoms with Gasteiger partial charge in [-0.3, -0.25) is 4.79 Å². The molecule has 4 aromatic rings. The van der Waals surface area contributed by atoms with Gasteiger partial charge in [-0.2, -0.15) is 0 Å². The minimum absolute atomic E-state index is 0.122. The van der Waals surface area contributed by atoms with Crippen LogP contribution >= 0.6 is 11.8 Å². The highest BCUT2D eigenvalue weighted by Gasteiger charge is 2.22. The Morgan fingerprint density at radius 2 is 1.81 bits per heavy atom. The first-order valence-corrected chi connectivity index (χ1v) is 11.1. The Bertz CT molecular complexity index is 1190. The largest absolute Gasteiger partial charge is 0.486 e. The van der Waals surface area contributed by atoms with Crippen molar-refractivity contribution in [2.75, 3.05) is 13.2 Å². The van der Waals surface area contributed by atoms with Crippen LogP contribution in [0.1, 0.15) is 15.9 Å². The summed E-state index contributed by atoms with van der Waals surface area (Å²) in [5.41, 5.74) is 3.56. The van der Waals surface area contributed by atoms with Gasteiger partial charge in [0.05, 0.1) is 17.6 Å². The first-order chi connectivity index (χ1) is 15.3. The van der Waals surface area contributed by atoms with E-state index < -0.39 is 0 Å². The Hall–Kier alpha value is -3.45. The number of thioether (sulfide) groups is 1. The second-order valence-electron chi connectivity index (χ2n) is 7.21. The highest BCUT2D eigenvalue weighted by atomic mass is 32.2. The molecule has 7 heteroatoms. The van der Waals surface area contributed by atoms with E-state index in [1.807, 2.05) is 72.8 Å². The zero-order chi connectivity index (χ0) is 21.0. The number of carbonyl (C=O) groups is 1. The molecule has 31 heavy (non-hydrogen) atoms. The van der Waals surface area contributed by atoms with E-state index in [9.17, 15) is 4.79 Å². The molecule has 0 radical (unpaired) electrons. The number of hydrogen-bond donors (Lipinski definition) is 2.